The highest BCUT2D eigenvalue weighted by Gasteiger charge is 2.14. The number of hydrogen-bond donors (Lipinski definition) is 2. The van der Waals surface area contributed by atoms with E-state index >= 15 is 0 Å². The number of hydrogen-bond acceptors (Lipinski definition) is 4. The number of halogens is 2. The van der Waals surface area contributed by atoms with Crippen molar-refractivity contribution in [2.45, 2.75) is 31.1 Å². The summed E-state index contributed by atoms with van der Waals surface area (Å²) in [7, 11) is -3.39. The van der Waals surface area contributed by atoms with Crippen LogP contribution in [0.1, 0.15) is 31.7 Å². The monoisotopic (exact) mass is 397 g/mol. The number of benzene rings is 1. The van der Waals surface area contributed by atoms with Crippen molar-refractivity contribution in [3.05, 3.63) is 29.8 Å². The van der Waals surface area contributed by atoms with Crippen molar-refractivity contribution >= 4 is 34.8 Å². The molecule has 0 unspecified atom stereocenters. The standard InChI is InChI=1S/C16H27N3O2S.2ClH/c1-14(2)15-4-6-16(7-5-15)22(20,21)18-8-3-11-19-12-9-17-10-13-19;;/h4-7,14,17-18H,3,8-13H2,1-2H3;2*1H. The lowest BCUT2D eigenvalue weighted by Gasteiger charge is -2.27. The van der Waals surface area contributed by atoms with Crippen molar-refractivity contribution in [2.75, 3.05) is 39.3 Å². The van der Waals surface area contributed by atoms with E-state index in [1.807, 2.05) is 12.1 Å². The Bertz CT molecular complexity index is 559. The van der Waals surface area contributed by atoms with E-state index in [0.717, 1.165) is 44.7 Å². The summed E-state index contributed by atoms with van der Waals surface area (Å²) in [5, 5.41) is 3.31. The van der Waals surface area contributed by atoms with E-state index in [0.29, 0.717) is 17.4 Å². The number of nitrogens with zero attached hydrogens (tertiary/aromatic N) is 1. The van der Waals surface area contributed by atoms with Gasteiger partial charge in [0.1, 0.15) is 0 Å². The molecule has 0 radical (unpaired) electrons. The lowest BCUT2D eigenvalue weighted by molar-refractivity contribution is 0.239. The first-order chi connectivity index (χ1) is 10.5. The maximum absolute atomic E-state index is 12.2. The first-order valence-corrected chi connectivity index (χ1v) is 9.50. The Kier molecular flexibility index (Phi) is 11.1. The van der Waals surface area contributed by atoms with Gasteiger partial charge in [0, 0.05) is 32.7 Å². The lowest BCUT2D eigenvalue weighted by atomic mass is 10.0. The van der Waals surface area contributed by atoms with Crippen LogP contribution in [0.3, 0.4) is 0 Å². The highest BCUT2D eigenvalue weighted by Crippen LogP contribution is 2.17. The molecule has 1 aliphatic heterocycles. The second-order valence-electron chi connectivity index (χ2n) is 6.07. The fraction of sp³-hybridized carbons (Fsp3) is 0.625. The second-order valence-corrected chi connectivity index (χ2v) is 7.83. The molecule has 1 aromatic rings. The minimum absolute atomic E-state index is 0. The first-order valence-electron chi connectivity index (χ1n) is 8.02. The van der Waals surface area contributed by atoms with Crippen LogP contribution in [0.5, 0.6) is 0 Å². The van der Waals surface area contributed by atoms with Crippen LogP contribution in [0, 0.1) is 0 Å². The predicted molar refractivity (Wildman–Crippen MR) is 104 cm³/mol. The molecule has 140 valence electrons. The number of nitrogens with one attached hydrogen (secondary N) is 2. The van der Waals surface area contributed by atoms with Gasteiger partial charge < -0.3 is 10.2 Å². The van der Waals surface area contributed by atoms with Gasteiger partial charge >= 0.3 is 0 Å². The molecule has 0 saturated carbocycles. The summed E-state index contributed by atoms with van der Waals surface area (Å²) >= 11 is 0. The third-order valence-corrected chi connectivity index (χ3v) is 5.49. The Morgan fingerprint density at radius 3 is 2.25 bits per heavy atom. The summed E-state index contributed by atoms with van der Waals surface area (Å²) < 4.78 is 27.2. The van der Waals surface area contributed by atoms with Crippen molar-refractivity contribution in [3.63, 3.8) is 0 Å². The van der Waals surface area contributed by atoms with Gasteiger partial charge in [-0.15, -0.1) is 24.8 Å². The molecule has 2 N–H and O–H groups in total. The summed E-state index contributed by atoms with van der Waals surface area (Å²) in [4.78, 5) is 2.71. The van der Waals surface area contributed by atoms with Gasteiger partial charge in [0.25, 0.3) is 0 Å². The van der Waals surface area contributed by atoms with Crippen molar-refractivity contribution in [1.29, 1.82) is 0 Å². The molecule has 0 atom stereocenters. The van der Waals surface area contributed by atoms with Crippen LogP contribution in [0.25, 0.3) is 0 Å². The SMILES string of the molecule is CC(C)c1ccc(S(=O)(=O)NCCCN2CCNCC2)cc1.Cl.Cl. The zero-order valence-electron chi connectivity index (χ0n) is 14.3. The van der Waals surface area contributed by atoms with Crippen molar-refractivity contribution < 1.29 is 8.42 Å². The largest absolute Gasteiger partial charge is 0.314 e. The van der Waals surface area contributed by atoms with Gasteiger partial charge in [0.05, 0.1) is 4.90 Å². The maximum Gasteiger partial charge on any atom is 0.240 e. The third-order valence-electron chi connectivity index (χ3n) is 4.01. The summed E-state index contributed by atoms with van der Waals surface area (Å²) in [6.07, 6.45) is 0.837. The highest BCUT2D eigenvalue weighted by molar-refractivity contribution is 7.89. The molecule has 2 rings (SSSR count). The minimum Gasteiger partial charge on any atom is -0.314 e. The van der Waals surface area contributed by atoms with Crippen LogP contribution in [0.15, 0.2) is 29.2 Å². The first kappa shape index (κ1) is 23.6. The molecule has 0 amide bonds. The summed E-state index contributed by atoms with van der Waals surface area (Å²) in [5.74, 6) is 0.406. The third kappa shape index (κ3) is 7.25. The average Bonchev–Trinajstić information content (AvgIpc) is 2.53. The normalized spacial score (nSPS) is 15.6. The van der Waals surface area contributed by atoms with Gasteiger partial charge in [-0.3, -0.25) is 0 Å². The molecular formula is C16H29Cl2N3O2S. The van der Waals surface area contributed by atoms with E-state index in [1.54, 1.807) is 12.1 Å². The highest BCUT2D eigenvalue weighted by atomic mass is 35.5. The summed E-state index contributed by atoms with van der Waals surface area (Å²) in [6.45, 7) is 9.75. The quantitative estimate of drug-likeness (QED) is 0.692. The summed E-state index contributed by atoms with van der Waals surface area (Å²) in [6, 6.07) is 7.15. The Morgan fingerprint density at radius 2 is 1.71 bits per heavy atom. The van der Waals surface area contributed by atoms with Crippen molar-refractivity contribution in [2.24, 2.45) is 0 Å². The Balaban J connectivity index is 0.00000264. The van der Waals surface area contributed by atoms with Gasteiger partial charge in [-0.05, 0) is 36.6 Å². The fourth-order valence-electron chi connectivity index (χ4n) is 2.56. The van der Waals surface area contributed by atoms with E-state index in [-0.39, 0.29) is 24.8 Å². The topological polar surface area (TPSA) is 61.4 Å². The molecule has 24 heavy (non-hydrogen) atoms. The summed E-state index contributed by atoms with van der Waals surface area (Å²) in [5.41, 5.74) is 1.15. The Morgan fingerprint density at radius 1 is 1.12 bits per heavy atom. The van der Waals surface area contributed by atoms with E-state index in [2.05, 4.69) is 28.8 Å². The van der Waals surface area contributed by atoms with Crippen LogP contribution in [-0.4, -0.2) is 52.6 Å². The molecule has 1 heterocycles. The molecule has 1 fully saturated rings. The van der Waals surface area contributed by atoms with Gasteiger partial charge in [-0.25, -0.2) is 13.1 Å². The molecule has 5 nitrogen and oxygen atoms in total. The van der Waals surface area contributed by atoms with E-state index < -0.39 is 10.0 Å². The van der Waals surface area contributed by atoms with Crippen LogP contribution in [0.4, 0.5) is 0 Å². The number of piperazine rings is 1. The van der Waals surface area contributed by atoms with Gasteiger partial charge in [-0.2, -0.15) is 0 Å². The van der Waals surface area contributed by atoms with E-state index in [4.69, 9.17) is 0 Å². The van der Waals surface area contributed by atoms with E-state index in [1.165, 1.54) is 0 Å². The molecular weight excluding hydrogens is 369 g/mol. The second kappa shape index (κ2) is 11.3. The molecule has 0 bridgehead atoms. The fourth-order valence-corrected chi connectivity index (χ4v) is 3.63. The molecule has 8 heteroatoms. The number of rotatable bonds is 7. The van der Waals surface area contributed by atoms with Crippen molar-refractivity contribution in [1.82, 2.24) is 14.9 Å². The molecule has 0 aromatic heterocycles. The average molecular weight is 398 g/mol. The zero-order valence-corrected chi connectivity index (χ0v) is 16.8. The Hall–Kier alpha value is -0.370. The van der Waals surface area contributed by atoms with Crippen LogP contribution >= 0.6 is 24.8 Å². The predicted octanol–water partition coefficient (Wildman–Crippen LogP) is 2.23. The van der Waals surface area contributed by atoms with Gasteiger partial charge in [0.15, 0.2) is 0 Å². The Labute approximate surface area is 158 Å². The molecule has 0 spiro atoms. The smallest absolute Gasteiger partial charge is 0.240 e. The maximum atomic E-state index is 12.2. The minimum atomic E-state index is -3.39. The molecule has 1 aromatic carbocycles. The lowest BCUT2D eigenvalue weighted by Crippen LogP contribution is -2.44. The van der Waals surface area contributed by atoms with E-state index in [9.17, 15) is 8.42 Å². The van der Waals surface area contributed by atoms with Crippen LogP contribution in [-0.2, 0) is 10.0 Å². The van der Waals surface area contributed by atoms with Gasteiger partial charge in [-0.1, -0.05) is 26.0 Å². The molecule has 1 aliphatic rings. The van der Waals surface area contributed by atoms with Gasteiger partial charge in [0.2, 0.25) is 10.0 Å². The molecule has 1 saturated heterocycles. The zero-order chi connectivity index (χ0) is 16.0. The molecule has 0 aliphatic carbocycles. The number of sulfonamides is 1. The van der Waals surface area contributed by atoms with Crippen LogP contribution in [0.2, 0.25) is 0 Å². The van der Waals surface area contributed by atoms with Crippen molar-refractivity contribution in [3.8, 4) is 0 Å². The van der Waals surface area contributed by atoms with Crippen LogP contribution < -0.4 is 10.0 Å².